The molecule has 0 saturated carbocycles. The van der Waals surface area contributed by atoms with Crippen molar-refractivity contribution in [2.45, 2.75) is 45.1 Å². The number of amides is 1. The van der Waals surface area contributed by atoms with E-state index in [0.29, 0.717) is 18.8 Å². The number of unbranched alkanes of at least 4 members (excludes halogenated alkanes) is 3. The molecule has 0 aliphatic heterocycles. The Morgan fingerprint density at radius 1 is 1.17 bits per heavy atom. The molecule has 0 saturated heterocycles. The van der Waals surface area contributed by atoms with Crippen molar-refractivity contribution < 1.29 is 14.7 Å². The van der Waals surface area contributed by atoms with E-state index in [9.17, 15) is 14.7 Å². The SMILES string of the molecule is Cc1ccccc1NC(=O)C[C@@H](NCCCCCCN)C(=O)O. The van der Waals surface area contributed by atoms with Gasteiger partial charge in [-0.05, 0) is 44.5 Å². The van der Waals surface area contributed by atoms with Crippen LogP contribution in [-0.2, 0) is 9.59 Å². The molecule has 0 aliphatic rings. The molecule has 0 fully saturated rings. The standard InChI is InChI=1S/C17H27N3O3/c1-13-8-4-5-9-14(13)20-16(21)12-15(17(22)23)19-11-7-3-2-6-10-18/h4-5,8-9,15,19H,2-3,6-7,10-12,18H2,1H3,(H,20,21)(H,22,23)/t15-/m1/s1. The number of para-hydroxylation sites is 1. The molecule has 1 amide bonds. The molecule has 5 N–H and O–H groups in total. The third kappa shape index (κ3) is 7.76. The number of rotatable bonds is 11. The van der Waals surface area contributed by atoms with Crippen LogP contribution in [0.15, 0.2) is 24.3 Å². The topological polar surface area (TPSA) is 104 Å². The van der Waals surface area contributed by atoms with Crippen LogP contribution in [0.1, 0.15) is 37.7 Å². The quantitative estimate of drug-likeness (QED) is 0.466. The summed E-state index contributed by atoms with van der Waals surface area (Å²) < 4.78 is 0. The van der Waals surface area contributed by atoms with Gasteiger partial charge in [0.2, 0.25) is 5.91 Å². The fraction of sp³-hybridized carbons (Fsp3) is 0.529. The van der Waals surface area contributed by atoms with Crippen LogP contribution >= 0.6 is 0 Å². The lowest BCUT2D eigenvalue weighted by Gasteiger charge is -2.15. The molecule has 0 unspecified atom stereocenters. The maximum Gasteiger partial charge on any atom is 0.321 e. The second-order valence-electron chi connectivity index (χ2n) is 5.62. The van der Waals surface area contributed by atoms with E-state index in [4.69, 9.17) is 5.73 Å². The van der Waals surface area contributed by atoms with Crippen LogP contribution in [0.4, 0.5) is 5.69 Å². The largest absolute Gasteiger partial charge is 0.480 e. The van der Waals surface area contributed by atoms with Crippen molar-refractivity contribution in [2.24, 2.45) is 5.73 Å². The molecule has 23 heavy (non-hydrogen) atoms. The number of carbonyl (C=O) groups excluding carboxylic acids is 1. The molecule has 0 bridgehead atoms. The second kappa shape index (κ2) is 10.7. The van der Waals surface area contributed by atoms with Gasteiger partial charge < -0.3 is 21.5 Å². The summed E-state index contributed by atoms with van der Waals surface area (Å²) in [6.07, 6.45) is 3.83. The highest BCUT2D eigenvalue weighted by Crippen LogP contribution is 2.13. The van der Waals surface area contributed by atoms with Crippen LogP contribution in [0, 0.1) is 6.92 Å². The Morgan fingerprint density at radius 3 is 2.52 bits per heavy atom. The lowest BCUT2D eigenvalue weighted by atomic mass is 10.1. The van der Waals surface area contributed by atoms with Gasteiger partial charge in [-0.25, -0.2) is 0 Å². The van der Waals surface area contributed by atoms with E-state index >= 15 is 0 Å². The number of nitrogens with two attached hydrogens (primary N) is 1. The van der Waals surface area contributed by atoms with Crippen molar-refractivity contribution >= 4 is 17.6 Å². The predicted molar refractivity (Wildman–Crippen MR) is 91.4 cm³/mol. The molecule has 6 heteroatoms. The highest BCUT2D eigenvalue weighted by Gasteiger charge is 2.20. The Morgan fingerprint density at radius 2 is 1.87 bits per heavy atom. The highest BCUT2D eigenvalue weighted by molar-refractivity contribution is 5.94. The number of carbonyl (C=O) groups is 2. The lowest BCUT2D eigenvalue weighted by Crippen LogP contribution is -2.40. The summed E-state index contributed by atoms with van der Waals surface area (Å²) in [5.74, 6) is -1.31. The van der Waals surface area contributed by atoms with Gasteiger partial charge in [0.15, 0.2) is 0 Å². The Bertz CT molecular complexity index is 506. The summed E-state index contributed by atoms with van der Waals surface area (Å²) in [5, 5.41) is 14.9. The predicted octanol–water partition coefficient (Wildman–Crippen LogP) is 1.89. The average molecular weight is 321 g/mol. The number of nitrogens with one attached hydrogen (secondary N) is 2. The smallest absolute Gasteiger partial charge is 0.321 e. The van der Waals surface area contributed by atoms with Gasteiger partial charge in [0.05, 0.1) is 6.42 Å². The highest BCUT2D eigenvalue weighted by atomic mass is 16.4. The number of anilines is 1. The van der Waals surface area contributed by atoms with Crippen molar-refractivity contribution in [3.05, 3.63) is 29.8 Å². The maximum absolute atomic E-state index is 12.0. The zero-order valence-electron chi connectivity index (χ0n) is 13.7. The first-order valence-corrected chi connectivity index (χ1v) is 8.06. The van der Waals surface area contributed by atoms with Crippen molar-refractivity contribution in [1.82, 2.24) is 5.32 Å². The first-order valence-electron chi connectivity index (χ1n) is 8.06. The summed E-state index contributed by atoms with van der Waals surface area (Å²) in [7, 11) is 0. The van der Waals surface area contributed by atoms with Crippen molar-refractivity contribution in [2.75, 3.05) is 18.4 Å². The van der Waals surface area contributed by atoms with Crippen LogP contribution in [0.25, 0.3) is 0 Å². The minimum absolute atomic E-state index is 0.0908. The van der Waals surface area contributed by atoms with E-state index < -0.39 is 12.0 Å². The Balaban J connectivity index is 2.38. The zero-order valence-corrected chi connectivity index (χ0v) is 13.7. The van der Waals surface area contributed by atoms with Crippen LogP contribution in [0.5, 0.6) is 0 Å². The third-order valence-electron chi connectivity index (χ3n) is 3.63. The molecule has 0 aromatic heterocycles. The van der Waals surface area contributed by atoms with Gasteiger partial charge >= 0.3 is 5.97 Å². The monoisotopic (exact) mass is 321 g/mol. The molecule has 1 rings (SSSR count). The summed E-state index contributed by atoms with van der Waals surface area (Å²) in [6.45, 7) is 3.16. The number of benzene rings is 1. The normalized spacial score (nSPS) is 11.9. The number of hydrogen-bond acceptors (Lipinski definition) is 4. The molecule has 0 heterocycles. The molecule has 6 nitrogen and oxygen atoms in total. The Labute approximate surface area is 137 Å². The first-order chi connectivity index (χ1) is 11.0. The van der Waals surface area contributed by atoms with E-state index in [2.05, 4.69) is 10.6 Å². The van der Waals surface area contributed by atoms with Crippen LogP contribution in [-0.4, -0.2) is 36.1 Å². The molecule has 128 valence electrons. The van der Waals surface area contributed by atoms with Crippen molar-refractivity contribution in [3.8, 4) is 0 Å². The lowest BCUT2D eigenvalue weighted by molar-refractivity contribution is -0.141. The molecular weight excluding hydrogens is 294 g/mol. The summed E-state index contributed by atoms with van der Waals surface area (Å²) >= 11 is 0. The molecule has 0 spiro atoms. The maximum atomic E-state index is 12.0. The summed E-state index contributed by atoms with van der Waals surface area (Å²) in [4.78, 5) is 23.3. The van der Waals surface area contributed by atoms with Crippen molar-refractivity contribution in [3.63, 3.8) is 0 Å². The van der Waals surface area contributed by atoms with Crippen molar-refractivity contribution in [1.29, 1.82) is 0 Å². The molecule has 1 atom stereocenters. The number of carboxylic acid groups (broad SMARTS) is 1. The van der Waals surface area contributed by atoms with Gasteiger partial charge in [0, 0.05) is 5.69 Å². The minimum atomic E-state index is -1.01. The number of aryl methyl sites for hydroxylation is 1. The number of aliphatic carboxylic acids is 1. The summed E-state index contributed by atoms with van der Waals surface area (Å²) in [5.41, 5.74) is 7.08. The second-order valence-corrected chi connectivity index (χ2v) is 5.62. The Hall–Kier alpha value is -1.92. The van der Waals surface area contributed by atoms with Crippen LogP contribution in [0.3, 0.4) is 0 Å². The van der Waals surface area contributed by atoms with Gasteiger partial charge in [-0.15, -0.1) is 0 Å². The molecule has 1 aromatic rings. The number of carboxylic acids is 1. The van der Waals surface area contributed by atoms with E-state index in [-0.39, 0.29) is 12.3 Å². The van der Waals surface area contributed by atoms with Crippen LogP contribution < -0.4 is 16.4 Å². The molecule has 0 radical (unpaired) electrons. The summed E-state index contributed by atoms with van der Waals surface area (Å²) in [6, 6.07) is 6.54. The third-order valence-corrected chi connectivity index (χ3v) is 3.63. The van der Waals surface area contributed by atoms with Gasteiger partial charge in [0.25, 0.3) is 0 Å². The number of hydrogen-bond donors (Lipinski definition) is 4. The van der Waals surface area contributed by atoms with E-state index in [1.807, 2.05) is 25.1 Å². The molecule has 1 aromatic carbocycles. The van der Waals surface area contributed by atoms with E-state index in [1.54, 1.807) is 6.07 Å². The fourth-order valence-electron chi connectivity index (χ4n) is 2.25. The average Bonchev–Trinajstić information content (AvgIpc) is 2.51. The van der Waals surface area contributed by atoms with Gasteiger partial charge in [-0.1, -0.05) is 31.0 Å². The van der Waals surface area contributed by atoms with Gasteiger partial charge in [-0.3, -0.25) is 9.59 Å². The fourth-order valence-corrected chi connectivity index (χ4v) is 2.25. The molecular formula is C17H27N3O3. The Kier molecular flexibility index (Phi) is 8.94. The van der Waals surface area contributed by atoms with Crippen LogP contribution in [0.2, 0.25) is 0 Å². The first kappa shape index (κ1) is 19.1. The van der Waals surface area contributed by atoms with Gasteiger partial charge in [0.1, 0.15) is 6.04 Å². The zero-order chi connectivity index (χ0) is 17.1. The van der Waals surface area contributed by atoms with E-state index in [1.165, 1.54) is 0 Å². The van der Waals surface area contributed by atoms with Gasteiger partial charge in [-0.2, -0.15) is 0 Å². The van der Waals surface area contributed by atoms with E-state index in [0.717, 1.165) is 31.2 Å². The molecule has 0 aliphatic carbocycles. The minimum Gasteiger partial charge on any atom is -0.480 e.